The molecule has 9 heteroatoms. The molecule has 0 saturated carbocycles. The molecule has 5 N–H and O–H groups in total. The predicted molar refractivity (Wildman–Crippen MR) is 97.4 cm³/mol. The fraction of sp³-hybridized carbons (Fsp3) is 0.250. The van der Waals surface area contributed by atoms with Gasteiger partial charge in [-0.1, -0.05) is 23.5 Å². The topological polar surface area (TPSA) is 124 Å². The molecule has 1 aliphatic rings. The molecule has 2 aromatic rings. The van der Waals surface area contributed by atoms with Crippen molar-refractivity contribution in [1.29, 1.82) is 5.41 Å². The maximum Gasteiger partial charge on any atom is 0.231 e. The number of aromatic nitrogens is 1. The molecule has 1 aromatic carbocycles. The average Bonchev–Trinajstić information content (AvgIpc) is 3.08. The highest BCUT2D eigenvalue weighted by molar-refractivity contribution is 7.19. The second-order valence-corrected chi connectivity index (χ2v) is 6.60. The Morgan fingerprint density at radius 2 is 2.08 bits per heavy atom. The molecule has 0 spiro atoms. The summed E-state index contributed by atoms with van der Waals surface area (Å²) < 4.78 is 0. The van der Waals surface area contributed by atoms with Crippen LogP contribution in [0.2, 0.25) is 0 Å². The van der Waals surface area contributed by atoms with Gasteiger partial charge in [0.15, 0.2) is 11.1 Å². The van der Waals surface area contributed by atoms with Gasteiger partial charge in [0, 0.05) is 18.5 Å². The van der Waals surface area contributed by atoms with Crippen molar-refractivity contribution in [3.63, 3.8) is 0 Å². The normalized spacial score (nSPS) is 14.0. The first kappa shape index (κ1) is 16.9. The van der Waals surface area contributed by atoms with Gasteiger partial charge in [-0.15, -0.1) is 0 Å². The number of carbonyl (C=O) groups excluding carboxylic acids is 2. The molecule has 0 unspecified atom stereocenters. The van der Waals surface area contributed by atoms with Crippen LogP contribution in [0.5, 0.6) is 0 Å². The Kier molecular flexibility index (Phi) is 4.66. The van der Waals surface area contributed by atoms with Crippen LogP contribution in [0.15, 0.2) is 24.3 Å². The third-order valence-corrected chi connectivity index (χ3v) is 4.88. The first-order chi connectivity index (χ1) is 11.9. The van der Waals surface area contributed by atoms with Crippen LogP contribution in [0.25, 0.3) is 10.4 Å². The second kappa shape index (κ2) is 6.89. The standard InChI is InChI=1S/C16H18N6O2S/c1-9-14(25-16(20-9)21-15(17)18)10-3-2-4-11(7-10)19-8-22-12(23)5-6-13(22)24/h2-4,7,19H,5-6,8H2,1H3,(H4,17,18,20,21). The largest absolute Gasteiger partial charge is 0.370 e. The minimum atomic E-state index is -0.157. The van der Waals surface area contributed by atoms with E-state index in [9.17, 15) is 9.59 Å². The van der Waals surface area contributed by atoms with E-state index in [0.717, 1.165) is 21.8 Å². The summed E-state index contributed by atoms with van der Waals surface area (Å²) in [6.07, 6.45) is 0.569. The second-order valence-electron chi connectivity index (χ2n) is 5.60. The lowest BCUT2D eigenvalue weighted by molar-refractivity contribution is -0.137. The summed E-state index contributed by atoms with van der Waals surface area (Å²) in [5.41, 5.74) is 7.93. The number of likely N-dealkylation sites (tertiary alicyclic amines) is 1. The van der Waals surface area contributed by atoms with Crippen molar-refractivity contribution in [2.24, 2.45) is 5.73 Å². The zero-order valence-electron chi connectivity index (χ0n) is 13.6. The van der Waals surface area contributed by atoms with Crippen LogP contribution >= 0.6 is 11.3 Å². The van der Waals surface area contributed by atoms with Gasteiger partial charge in [-0.25, -0.2) is 4.98 Å². The highest BCUT2D eigenvalue weighted by Crippen LogP contribution is 2.33. The van der Waals surface area contributed by atoms with Gasteiger partial charge in [0.2, 0.25) is 11.8 Å². The predicted octanol–water partition coefficient (Wildman–Crippen LogP) is 1.94. The van der Waals surface area contributed by atoms with E-state index in [1.807, 2.05) is 31.2 Å². The number of rotatable bonds is 5. The Morgan fingerprint density at radius 1 is 1.36 bits per heavy atom. The van der Waals surface area contributed by atoms with Crippen LogP contribution in [0.1, 0.15) is 18.5 Å². The van der Waals surface area contributed by atoms with E-state index < -0.39 is 0 Å². The Labute approximate surface area is 148 Å². The van der Waals surface area contributed by atoms with E-state index in [1.165, 1.54) is 16.2 Å². The van der Waals surface area contributed by atoms with Crippen molar-refractivity contribution in [1.82, 2.24) is 9.88 Å². The Hall–Kier alpha value is -2.94. The molecule has 1 aliphatic heterocycles. The number of imide groups is 1. The molecule has 130 valence electrons. The van der Waals surface area contributed by atoms with Gasteiger partial charge in [0.25, 0.3) is 0 Å². The minimum absolute atomic E-state index is 0.146. The number of anilines is 2. The van der Waals surface area contributed by atoms with Crippen LogP contribution in [0.3, 0.4) is 0 Å². The quantitative estimate of drug-likeness (QED) is 0.368. The first-order valence-electron chi connectivity index (χ1n) is 7.70. The average molecular weight is 358 g/mol. The van der Waals surface area contributed by atoms with Gasteiger partial charge in [-0.3, -0.25) is 19.9 Å². The number of carbonyl (C=O) groups is 2. The highest BCUT2D eigenvalue weighted by Gasteiger charge is 2.28. The van der Waals surface area contributed by atoms with Crippen molar-refractivity contribution in [3.8, 4) is 10.4 Å². The fourth-order valence-corrected chi connectivity index (χ4v) is 3.55. The molecule has 3 rings (SSSR count). The smallest absolute Gasteiger partial charge is 0.231 e. The van der Waals surface area contributed by atoms with E-state index in [1.54, 1.807) is 0 Å². The molecule has 0 aliphatic carbocycles. The molecule has 2 heterocycles. The molecule has 25 heavy (non-hydrogen) atoms. The third-order valence-electron chi connectivity index (χ3n) is 3.76. The number of nitrogens with one attached hydrogen (secondary N) is 3. The number of hydrogen-bond acceptors (Lipinski definition) is 6. The van der Waals surface area contributed by atoms with E-state index in [0.29, 0.717) is 5.13 Å². The Morgan fingerprint density at radius 3 is 2.76 bits per heavy atom. The molecule has 1 saturated heterocycles. The maximum atomic E-state index is 11.7. The monoisotopic (exact) mass is 358 g/mol. The fourth-order valence-electron chi connectivity index (χ4n) is 2.57. The number of benzene rings is 1. The van der Waals surface area contributed by atoms with Gasteiger partial charge >= 0.3 is 0 Å². The molecular formula is C16H18N6O2S. The number of guanidine groups is 1. The number of nitrogens with two attached hydrogens (primary N) is 1. The van der Waals surface area contributed by atoms with E-state index in [4.69, 9.17) is 11.1 Å². The summed E-state index contributed by atoms with van der Waals surface area (Å²) in [7, 11) is 0. The number of aryl methyl sites for hydroxylation is 1. The summed E-state index contributed by atoms with van der Waals surface area (Å²) in [6, 6.07) is 7.65. The summed E-state index contributed by atoms with van der Waals surface area (Å²) in [5, 5.41) is 13.7. The molecule has 0 bridgehead atoms. The van der Waals surface area contributed by atoms with Crippen LogP contribution in [-0.2, 0) is 9.59 Å². The summed E-state index contributed by atoms with van der Waals surface area (Å²) in [5.74, 6) is -0.450. The summed E-state index contributed by atoms with van der Waals surface area (Å²) in [4.78, 5) is 29.9. The Bertz CT molecular complexity index is 831. The lowest BCUT2D eigenvalue weighted by Crippen LogP contribution is -2.33. The van der Waals surface area contributed by atoms with Crippen molar-refractivity contribution in [3.05, 3.63) is 30.0 Å². The third kappa shape index (κ3) is 3.77. The molecule has 8 nitrogen and oxygen atoms in total. The Balaban J connectivity index is 1.75. The van der Waals surface area contributed by atoms with E-state index in [2.05, 4.69) is 15.6 Å². The highest BCUT2D eigenvalue weighted by atomic mass is 32.1. The molecule has 0 radical (unpaired) electrons. The van der Waals surface area contributed by atoms with Crippen LogP contribution < -0.4 is 16.4 Å². The lowest BCUT2D eigenvalue weighted by Gasteiger charge is -2.15. The van der Waals surface area contributed by atoms with Gasteiger partial charge in [-0.2, -0.15) is 0 Å². The van der Waals surface area contributed by atoms with E-state index in [-0.39, 0.29) is 37.3 Å². The van der Waals surface area contributed by atoms with Crippen LogP contribution in [0.4, 0.5) is 10.8 Å². The van der Waals surface area contributed by atoms with Gasteiger partial charge in [-0.05, 0) is 24.6 Å². The molecular weight excluding hydrogens is 340 g/mol. The number of nitrogens with zero attached hydrogens (tertiary/aromatic N) is 2. The van der Waals surface area contributed by atoms with Crippen molar-refractivity contribution in [2.75, 3.05) is 17.3 Å². The SMILES string of the molecule is Cc1nc(NC(=N)N)sc1-c1cccc(NCN2C(=O)CCC2=O)c1. The van der Waals surface area contributed by atoms with E-state index >= 15 is 0 Å². The molecule has 2 amide bonds. The van der Waals surface area contributed by atoms with Gasteiger partial charge < -0.3 is 16.4 Å². The minimum Gasteiger partial charge on any atom is -0.370 e. The molecule has 1 aromatic heterocycles. The van der Waals surface area contributed by atoms with Crippen molar-refractivity contribution >= 4 is 39.9 Å². The van der Waals surface area contributed by atoms with Crippen LogP contribution in [-0.4, -0.2) is 34.3 Å². The summed E-state index contributed by atoms with van der Waals surface area (Å²) >= 11 is 1.40. The van der Waals surface area contributed by atoms with Crippen molar-refractivity contribution in [2.45, 2.75) is 19.8 Å². The lowest BCUT2D eigenvalue weighted by atomic mass is 10.1. The maximum absolute atomic E-state index is 11.7. The number of thiazole rings is 1. The zero-order valence-corrected chi connectivity index (χ0v) is 14.4. The van der Waals surface area contributed by atoms with Crippen molar-refractivity contribution < 1.29 is 9.59 Å². The number of amides is 2. The molecule has 1 fully saturated rings. The molecule has 0 atom stereocenters. The summed E-state index contributed by atoms with van der Waals surface area (Å²) in [6.45, 7) is 2.05. The van der Waals surface area contributed by atoms with Gasteiger partial charge in [0.1, 0.15) is 0 Å². The zero-order chi connectivity index (χ0) is 18.0. The van der Waals surface area contributed by atoms with Crippen LogP contribution in [0, 0.1) is 12.3 Å². The first-order valence-corrected chi connectivity index (χ1v) is 8.51. The van der Waals surface area contributed by atoms with Gasteiger partial charge in [0.05, 0.1) is 17.2 Å². The number of hydrogen-bond donors (Lipinski definition) is 4.